The first-order chi connectivity index (χ1) is 6.93. The lowest BCUT2D eigenvalue weighted by atomic mass is 9.60. The van der Waals surface area contributed by atoms with Gasteiger partial charge in [0.1, 0.15) is 5.78 Å². The van der Waals surface area contributed by atoms with Crippen LogP contribution in [0.1, 0.15) is 59.3 Å². The van der Waals surface area contributed by atoms with E-state index in [1.54, 1.807) is 0 Å². The Balaban J connectivity index is 2.05. The summed E-state index contributed by atoms with van der Waals surface area (Å²) in [5, 5.41) is 0.317. The average molecular weight is 226 g/mol. The van der Waals surface area contributed by atoms with E-state index in [0.717, 1.165) is 6.42 Å². The van der Waals surface area contributed by atoms with Gasteiger partial charge in [0.05, 0.1) is 5.25 Å². The van der Waals surface area contributed by atoms with Gasteiger partial charge in [-0.1, -0.05) is 40.0 Å². The predicted octanol–water partition coefficient (Wildman–Crippen LogP) is 3.81. The lowest BCUT2D eigenvalue weighted by Gasteiger charge is -2.51. The van der Waals surface area contributed by atoms with E-state index in [2.05, 4.69) is 20.8 Å². The van der Waals surface area contributed by atoms with Crippen molar-refractivity contribution < 1.29 is 4.79 Å². The Bertz CT molecular complexity index is 258. The third kappa shape index (κ3) is 2.25. The predicted molar refractivity (Wildman–Crippen MR) is 66.3 cm³/mol. The molecule has 2 rings (SSSR count). The molecule has 1 nitrogen and oxygen atoms in total. The Kier molecular flexibility index (Phi) is 2.91. The normalized spacial score (nSPS) is 30.3. The van der Waals surface area contributed by atoms with Crippen LogP contribution in [0.15, 0.2) is 0 Å². The van der Waals surface area contributed by atoms with Gasteiger partial charge in [-0.3, -0.25) is 4.79 Å². The van der Waals surface area contributed by atoms with E-state index in [0.29, 0.717) is 16.4 Å². The highest BCUT2D eigenvalue weighted by Crippen LogP contribution is 2.56. The summed E-state index contributed by atoms with van der Waals surface area (Å²) < 4.78 is 0.227. The molecule has 0 heterocycles. The van der Waals surface area contributed by atoms with Crippen LogP contribution < -0.4 is 0 Å². The van der Waals surface area contributed by atoms with Crippen molar-refractivity contribution in [1.29, 1.82) is 0 Å². The standard InChI is InChI=1S/C13H22OS/c1-12(2,3)15-11-10(14)9-13(11)7-5-4-6-8-13/h11H,4-9H2,1-3H3. The molecule has 0 saturated heterocycles. The van der Waals surface area contributed by atoms with Gasteiger partial charge in [0.2, 0.25) is 0 Å². The van der Waals surface area contributed by atoms with Crippen LogP contribution in [-0.2, 0) is 4.79 Å². The summed E-state index contributed by atoms with van der Waals surface area (Å²) in [5.41, 5.74) is 0.410. The molecule has 1 atom stereocenters. The Morgan fingerprint density at radius 1 is 1.20 bits per heavy atom. The van der Waals surface area contributed by atoms with Gasteiger partial charge in [-0.15, -0.1) is 11.8 Å². The Morgan fingerprint density at radius 2 is 1.80 bits per heavy atom. The maximum atomic E-state index is 11.8. The summed E-state index contributed by atoms with van der Waals surface area (Å²) in [7, 11) is 0. The number of carbonyl (C=O) groups is 1. The minimum absolute atomic E-state index is 0.227. The number of carbonyl (C=O) groups excluding carboxylic acids is 1. The Morgan fingerprint density at radius 3 is 2.27 bits per heavy atom. The summed E-state index contributed by atoms with van der Waals surface area (Å²) in [4.78, 5) is 11.8. The van der Waals surface area contributed by atoms with E-state index >= 15 is 0 Å². The number of hydrogen-bond acceptors (Lipinski definition) is 2. The molecular weight excluding hydrogens is 204 g/mol. The first-order valence-corrected chi connectivity index (χ1v) is 7.02. The maximum absolute atomic E-state index is 11.8. The van der Waals surface area contributed by atoms with Crippen LogP contribution in [0, 0.1) is 5.41 Å². The lowest BCUT2D eigenvalue weighted by Crippen LogP contribution is -2.53. The van der Waals surface area contributed by atoms with Crippen molar-refractivity contribution in [2.24, 2.45) is 5.41 Å². The largest absolute Gasteiger partial charge is 0.298 e. The maximum Gasteiger partial charge on any atom is 0.147 e. The molecule has 2 fully saturated rings. The Labute approximate surface area is 97.4 Å². The molecule has 15 heavy (non-hydrogen) atoms. The average Bonchev–Trinajstić information content (AvgIpc) is 2.15. The molecule has 2 heteroatoms. The molecule has 0 aliphatic heterocycles. The monoisotopic (exact) mass is 226 g/mol. The summed E-state index contributed by atoms with van der Waals surface area (Å²) >= 11 is 1.91. The van der Waals surface area contributed by atoms with Crippen LogP contribution in [0.5, 0.6) is 0 Å². The highest BCUT2D eigenvalue weighted by molar-refractivity contribution is 8.02. The minimum atomic E-state index is 0.227. The van der Waals surface area contributed by atoms with Gasteiger partial charge >= 0.3 is 0 Å². The van der Waals surface area contributed by atoms with Crippen LogP contribution in [0.25, 0.3) is 0 Å². The number of ketones is 1. The van der Waals surface area contributed by atoms with Crippen molar-refractivity contribution in [3.8, 4) is 0 Å². The zero-order valence-corrected chi connectivity index (χ0v) is 11.0. The first kappa shape index (κ1) is 11.5. The molecule has 0 aromatic heterocycles. The molecule has 2 aliphatic rings. The number of rotatable bonds is 1. The third-order valence-corrected chi connectivity index (χ3v) is 5.40. The zero-order valence-electron chi connectivity index (χ0n) is 10.1. The fraction of sp³-hybridized carbons (Fsp3) is 0.923. The topological polar surface area (TPSA) is 17.1 Å². The summed E-state index contributed by atoms with van der Waals surface area (Å²) in [6, 6.07) is 0. The highest BCUT2D eigenvalue weighted by Gasteiger charge is 2.54. The minimum Gasteiger partial charge on any atom is -0.298 e. The second-order valence-corrected chi connectivity index (χ2v) is 8.11. The molecule has 0 bridgehead atoms. The van der Waals surface area contributed by atoms with E-state index in [-0.39, 0.29) is 4.75 Å². The molecule has 2 saturated carbocycles. The second-order valence-electron chi connectivity index (χ2n) is 6.18. The molecule has 86 valence electrons. The lowest BCUT2D eigenvalue weighted by molar-refractivity contribution is -0.133. The van der Waals surface area contributed by atoms with E-state index in [1.165, 1.54) is 32.1 Å². The molecular formula is C13H22OS. The van der Waals surface area contributed by atoms with Gasteiger partial charge < -0.3 is 0 Å². The van der Waals surface area contributed by atoms with Gasteiger partial charge in [-0.25, -0.2) is 0 Å². The van der Waals surface area contributed by atoms with Crippen LogP contribution >= 0.6 is 11.8 Å². The van der Waals surface area contributed by atoms with Gasteiger partial charge in [0.25, 0.3) is 0 Å². The van der Waals surface area contributed by atoms with Crippen LogP contribution in [-0.4, -0.2) is 15.8 Å². The number of hydrogen-bond donors (Lipinski definition) is 0. The fourth-order valence-corrected chi connectivity index (χ4v) is 4.47. The van der Waals surface area contributed by atoms with Crippen LogP contribution in [0.3, 0.4) is 0 Å². The van der Waals surface area contributed by atoms with Gasteiger partial charge in [0, 0.05) is 11.2 Å². The molecule has 0 radical (unpaired) electrons. The summed E-state index contributed by atoms with van der Waals surface area (Å²) in [6.45, 7) is 6.67. The molecule has 0 aromatic rings. The fourth-order valence-electron chi connectivity index (χ4n) is 2.98. The van der Waals surface area contributed by atoms with Crippen molar-refractivity contribution in [2.75, 3.05) is 0 Å². The van der Waals surface area contributed by atoms with Crippen molar-refractivity contribution in [3.63, 3.8) is 0 Å². The van der Waals surface area contributed by atoms with Gasteiger partial charge in [-0.2, -0.15) is 0 Å². The van der Waals surface area contributed by atoms with Crippen LogP contribution in [0.2, 0.25) is 0 Å². The van der Waals surface area contributed by atoms with E-state index in [1.807, 2.05) is 11.8 Å². The number of Topliss-reactive ketones (excluding diaryl/α,β-unsaturated/α-hetero) is 1. The molecule has 2 aliphatic carbocycles. The van der Waals surface area contributed by atoms with Crippen LogP contribution in [0.4, 0.5) is 0 Å². The zero-order chi connectivity index (χ0) is 11.1. The van der Waals surface area contributed by atoms with E-state index < -0.39 is 0 Å². The second kappa shape index (κ2) is 3.80. The summed E-state index contributed by atoms with van der Waals surface area (Å²) in [6.07, 6.45) is 7.53. The third-order valence-electron chi connectivity index (χ3n) is 3.70. The SMILES string of the molecule is CC(C)(C)SC1C(=O)CC12CCCCC2. The van der Waals surface area contributed by atoms with E-state index in [4.69, 9.17) is 0 Å². The molecule has 1 spiro atoms. The van der Waals surface area contributed by atoms with E-state index in [9.17, 15) is 4.79 Å². The molecule has 1 unspecified atom stereocenters. The smallest absolute Gasteiger partial charge is 0.147 e. The Hall–Kier alpha value is 0.0200. The molecule has 0 aromatic carbocycles. The van der Waals surface area contributed by atoms with Crippen molar-refractivity contribution in [2.45, 2.75) is 69.3 Å². The molecule has 0 N–H and O–H groups in total. The number of thioether (sulfide) groups is 1. The summed E-state index contributed by atoms with van der Waals surface area (Å²) in [5.74, 6) is 0.511. The highest BCUT2D eigenvalue weighted by atomic mass is 32.2. The van der Waals surface area contributed by atoms with Gasteiger partial charge in [0.15, 0.2) is 0 Å². The van der Waals surface area contributed by atoms with Gasteiger partial charge in [-0.05, 0) is 18.3 Å². The first-order valence-electron chi connectivity index (χ1n) is 6.14. The van der Waals surface area contributed by atoms with Crippen molar-refractivity contribution in [1.82, 2.24) is 0 Å². The quantitative estimate of drug-likeness (QED) is 0.676. The molecule has 0 amide bonds. The van der Waals surface area contributed by atoms with Crippen molar-refractivity contribution in [3.05, 3.63) is 0 Å². The van der Waals surface area contributed by atoms with Crippen molar-refractivity contribution >= 4 is 17.5 Å².